The summed E-state index contributed by atoms with van der Waals surface area (Å²) in [5, 5.41) is 8.54. The molecule has 3 heteroatoms. The highest BCUT2D eigenvalue weighted by Crippen LogP contribution is 2.19. The van der Waals surface area contributed by atoms with Gasteiger partial charge in [-0.3, -0.25) is 4.79 Å². The van der Waals surface area contributed by atoms with Crippen LogP contribution in [0.4, 0.5) is 5.69 Å². The fourth-order valence-electron chi connectivity index (χ4n) is 1.46. The lowest BCUT2D eigenvalue weighted by atomic mass is 10.0. The first kappa shape index (κ1) is 10.6. The van der Waals surface area contributed by atoms with Gasteiger partial charge >= 0.3 is 5.97 Å². The maximum atomic E-state index is 10.4. The van der Waals surface area contributed by atoms with E-state index in [1.165, 1.54) is 0 Å². The molecule has 0 radical (unpaired) electrons. The number of hydrogen-bond donors (Lipinski definition) is 2. The molecule has 0 aliphatic rings. The highest BCUT2D eigenvalue weighted by atomic mass is 16.4. The van der Waals surface area contributed by atoms with Crippen molar-refractivity contribution in [1.29, 1.82) is 0 Å². The number of nitrogen functional groups attached to an aromatic ring is 1. The molecule has 0 heterocycles. The summed E-state index contributed by atoms with van der Waals surface area (Å²) in [5.41, 5.74) is 9.66. The molecule has 0 saturated heterocycles. The smallest absolute Gasteiger partial charge is 0.303 e. The summed E-state index contributed by atoms with van der Waals surface area (Å²) >= 11 is 0. The fraction of sp³-hybridized carbons (Fsp3) is 0.364. The Kier molecular flexibility index (Phi) is 3.12. The summed E-state index contributed by atoms with van der Waals surface area (Å²) in [7, 11) is 0. The van der Waals surface area contributed by atoms with Crippen LogP contribution in [0.2, 0.25) is 0 Å². The summed E-state index contributed by atoms with van der Waals surface area (Å²) in [4.78, 5) is 10.4. The van der Waals surface area contributed by atoms with E-state index >= 15 is 0 Å². The summed E-state index contributed by atoms with van der Waals surface area (Å²) in [6, 6.07) is 3.90. The molecule has 0 aliphatic carbocycles. The molecule has 76 valence electrons. The number of aryl methyl sites for hydroxylation is 3. The van der Waals surface area contributed by atoms with Crippen molar-refractivity contribution in [2.45, 2.75) is 26.7 Å². The van der Waals surface area contributed by atoms with Crippen LogP contribution in [0.1, 0.15) is 23.1 Å². The predicted octanol–water partition coefficient (Wildman–Crippen LogP) is 1.90. The van der Waals surface area contributed by atoms with Crippen molar-refractivity contribution in [3.8, 4) is 0 Å². The van der Waals surface area contributed by atoms with Crippen LogP contribution in [0, 0.1) is 13.8 Å². The third-order valence-electron chi connectivity index (χ3n) is 2.28. The molecule has 0 aromatic heterocycles. The maximum Gasteiger partial charge on any atom is 0.303 e. The monoisotopic (exact) mass is 193 g/mol. The number of carbonyl (C=O) groups is 1. The third kappa shape index (κ3) is 2.49. The van der Waals surface area contributed by atoms with Crippen LogP contribution in [0.25, 0.3) is 0 Å². The molecule has 0 aliphatic heterocycles. The van der Waals surface area contributed by atoms with Crippen LogP contribution in [0.15, 0.2) is 12.1 Å². The number of rotatable bonds is 3. The number of carboxylic acids is 1. The van der Waals surface area contributed by atoms with E-state index in [0.717, 1.165) is 22.4 Å². The second-order valence-corrected chi connectivity index (χ2v) is 3.54. The third-order valence-corrected chi connectivity index (χ3v) is 2.28. The molecule has 0 atom stereocenters. The largest absolute Gasteiger partial charge is 0.481 e. The number of anilines is 1. The Hall–Kier alpha value is -1.51. The van der Waals surface area contributed by atoms with Crippen molar-refractivity contribution >= 4 is 11.7 Å². The topological polar surface area (TPSA) is 63.3 Å². The Morgan fingerprint density at radius 3 is 2.29 bits per heavy atom. The van der Waals surface area contributed by atoms with Gasteiger partial charge in [-0.1, -0.05) is 12.1 Å². The normalized spacial score (nSPS) is 10.1. The Bertz CT molecular complexity index is 335. The number of nitrogens with two attached hydrogens (primary N) is 1. The van der Waals surface area contributed by atoms with E-state index < -0.39 is 5.97 Å². The zero-order valence-electron chi connectivity index (χ0n) is 8.50. The van der Waals surface area contributed by atoms with Crippen LogP contribution in [0.3, 0.4) is 0 Å². The van der Waals surface area contributed by atoms with E-state index in [0.29, 0.717) is 6.42 Å². The molecule has 3 N–H and O–H groups in total. The van der Waals surface area contributed by atoms with Gasteiger partial charge in [0.15, 0.2) is 0 Å². The highest BCUT2D eigenvalue weighted by molar-refractivity contribution is 5.67. The van der Waals surface area contributed by atoms with Crippen LogP contribution in [0.5, 0.6) is 0 Å². The first-order chi connectivity index (χ1) is 6.50. The van der Waals surface area contributed by atoms with Crippen LogP contribution in [-0.4, -0.2) is 11.1 Å². The number of hydrogen-bond acceptors (Lipinski definition) is 2. The molecule has 0 fully saturated rings. The summed E-state index contributed by atoms with van der Waals surface area (Å²) in [5.74, 6) is -0.767. The van der Waals surface area contributed by atoms with Crippen LogP contribution >= 0.6 is 0 Å². The van der Waals surface area contributed by atoms with Crippen LogP contribution in [-0.2, 0) is 11.2 Å². The van der Waals surface area contributed by atoms with E-state index in [1.54, 1.807) is 0 Å². The zero-order valence-corrected chi connectivity index (χ0v) is 8.50. The quantitative estimate of drug-likeness (QED) is 0.721. The molecule has 3 nitrogen and oxygen atoms in total. The van der Waals surface area contributed by atoms with Gasteiger partial charge in [-0.05, 0) is 37.0 Å². The molecule has 1 aromatic rings. The zero-order chi connectivity index (χ0) is 10.7. The van der Waals surface area contributed by atoms with Gasteiger partial charge in [0, 0.05) is 12.1 Å². The maximum absolute atomic E-state index is 10.4. The van der Waals surface area contributed by atoms with Gasteiger partial charge in [0.25, 0.3) is 0 Å². The van der Waals surface area contributed by atoms with Gasteiger partial charge in [0.05, 0.1) is 0 Å². The molecule has 0 amide bonds. The SMILES string of the molecule is Cc1cc(CCC(=O)O)cc(C)c1N. The van der Waals surface area contributed by atoms with Crippen molar-refractivity contribution in [3.05, 3.63) is 28.8 Å². The fourth-order valence-corrected chi connectivity index (χ4v) is 1.46. The first-order valence-corrected chi connectivity index (χ1v) is 4.58. The van der Waals surface area contributed by atoms with Crippen molar-refractivity contribution in [2.24, 2.45) is 0 Å². The molecule has 0 unspecified atom stereocenters. The minimum atomic E-state index is -0.767. The summed E-state index contributed by atoms with van der Waals surface area (Å²) < 4.78 is 0. The van der Waals surface area contributed by atoms with E-state index in [1.807, 2.05) is 26.0 Å². The number of aliphatic carboxylic acids is 1. The minimum absolute atomic E-state index is 0.169. The van der Waals surface area contributed by atoms with Crippen molar-refractivity contribution in [2.75, 3.05) is 5.73 Å². The molecular weight excluding hydrogens is 178 g/mol. The lowest BCUT2D eigenvalue weighted by molar-refractivity contribution is -0.136. The second-order valence-electron chi connectivity index (χ2n) is 3.54. The van der Waals surface area contributed by atoms with Gasteiger partial charge < -0.3 is 10.8 Å². The van der Waals surface area contributed by atoms with Gasteiger partial charge in [0.1, 0.15) is 0 Å². The molecule has 0 bridgehead atoms. The first-order valence-electron chi connectivity index (χ1n) is 4.58. The van der Waals surface area contributed by atoms with E-state index in [2.05, 4.69) is 0 Å². The van der Waals surface area contributed by atoms with Gasteiger partial charge in [-0.15, -0.1) is 0 Å². The molecule has 1 aromatic carbocycles. The van der Waals surface area contributed by atoms with E-state index in [4.69, 9.17) is 10.8 Å². The highest BCUT2D eigenvalue weighted by Gasteiger charge is 2.03. The van der Waals surface area contributed by atoms with E-state index in [-0.39, 0.29) is 6.42 Å². The van der Waals surface area contributed by atoms with Crippen molar-refractivity contribution in [3.63, 3.8) is 0 Å². The second kappa shape index (κ2) is 4.13. The van der Waals surface area contributed by atoms with Crippen molar-refractivity contribution in [1.82, 2.24) is 0 Å². The predicted molar refractivity (Wildman–Crippen MR) is 56.3 cm³/mol. The molecular formula is C11H15NO2. The summed E-state index contributed by atoms with van der Waals surface area (Å²) in [6.07, 6.45) is 0.736. The Balaban J connectivity index is 2.84. The van der Waals surface area contributed by atoms with Gasteiger partial charge in [0.2, 0.25) is 0 Å². The lowest BCUT2D eigenvalue weighted by Crippen LogP contribution is -2.00. The van der Waals surface area contributed by atoms with Crippen molar-refractivity contribution < 1.29 is 9.90 Å². The Labute approximate surface area is 83.6 Å². The van der Waals surface area contributed by atoms with Gasteiger partial charge in [-0.2, -0.15) is 0 Å². The Morgan fingerprint density at radius 1 is 1.36 bits per heavy atom. The molecule has 14 heavy (non-hydrogen) atoms. The van der Waals surface area contributed by atoms with E-state index in [9.17, 15) is 4.79 Å². The standard InChI is InChI=1S/C11H15NO2/c1-7-5-9(3-4-10(13)14)6-8(2)11(7)12/h5-6H,3-4,12H2,1-2H3,(H,13,14). The minimum Gasteiger partial charge on any atom is -0.481 e. The molecule has 0 saturated carbocycles. The summed E-state index contributed by atoms with van der Waals surface area (Å²) in [6.45, 7) is 3.87. The van der Waals surface area contributed by atoms with Gasteiger partial charge in [-0.25, -0.2) is 0 Å². The molecule has 1 rings (SSSR count). The Morgan fingerprint density at radius 2 is 1.86 bits per heavy atom. The average molecular weight is 193 g/mol. The number of carboxylic acid groups (broad SMARTS) is 1. The van der Waals surface area contributed by atoms with Crippen LogP contribution < -0.4 is 5.73 Å². The average Bonchev–Trinajstić information content (AvgIpc) is 2.10. The number of benzene rings is 1. The lowest BCUT2D eigenvalue weighted by Gasteiger charge is -2.07. The molecule has 0 spiro atoms.